The Hall–Kier alpha value is -1.06. The monoisotopic (exact) mass is 366 g/mol. The lowest BCUT2D eigenvalue weighted by Gasteiger charge is -1.97. The molecule has 0 nitrogen and oxygen atoms in total. The molecule has 0 unspecified atom stereocenters. The second-order valence-electron chi connectivity index (χ2n) is 3.76. The molecule has 3 rings (SSSR count). The Morgan fingerprint density at radius 2 is 1.28 bits per heavy atom. The van der Waals surface area contributed by atoms with Crippen molar-refractivity contribution < 1.29 is 0 Å². The molecule has 90 valence electrons. The van der Waals surface area contributed by atoms with Crippen LogP contribution in [0.1, 0.15) is 0 Å². The molecule has 0 aliphatic rings. The van der Waals surface area contributed by atoms with Crippen molar-refractivity contribution in [3.63, 3.8) is 0 Å². The molecule has 0 heterocycles. The maximum atomic E-state index is 5.54. The number of benzene rings is 3. The number of hydrogen-bond donors (Lipinski definition) is 0. The first-order valence-corrected chi connectivity index (χ1v) is 7.07. The van der Waals surface area contributed by atoms with Gasteiger partial charge in [-0.3, -0.25) is 0 Å². The van der Waals surface area contributed by atoms with Crippen LogP contribution >= 0.6 is 34.2 Å². The van der Waals surface area contributed by atoms with Crippen molar-refractivity contribution in [2.75, 3.05) is 0 Å². The topological polar surface area (TPSA) is 0 Å². The molecule has 0 aliphatic carbocycles. The van der Waals surface area contributed by atoms with E-state index in [0.29, 0.717) is 0 Å². The van der Waals surface area contributed by atoms with Crippen LogP contribution < -0.4 is 0 Å². The molecule has 0 aliphatic heterocycles. The molecule has 0 amide bonds. The summed E-state index contributed by atoms with van der Waals surface area (Å²) in [5.41, 5.74) is 0. The van der Waals surface area contributed by atoms with Gasteiger partial charge in [0.1, 0.15) is 0 Å². The highest BCUT2D eigenvalue weighted by atomic mass is 127. The fourth-order valence-electron chi connectivity index (χ4n) is 1.60. The smallest absolute Gasteiger partial charge is 0.0405 e. The highest BCUT2D eigenvalue weighted by Crippen LogP contribution is 2.19. The maximum Gasteiger partial charge on any atom is 0.0405 e. The summed E-state index contributed by atoms with van der Waals surface area (Å²) in [6, 6.07) is 24.2. The molecule has 18 heavy (non-hydrogen) atoms. The summed E-state index contributed by atoms with van der Waals surface area (Å²) >= 11 is 7.90. The largest absolute Gasteiger partial charge is 0.0843 e. The zero-order valence-corrected chi connectivity index (χ0v) is 12.6. The van der Waals surface area contributed by atoms with Gasteiger partial charge in [0.2, 0.25) is 0 Å². The second-order valence-corrected chi connectivity index (χ2v) is 5.36. The molecule has 3 aromatic carbocycles. The molecule has 2 heteroatoms. The highest BCUT2D eigenvalue weighted by molar-refractivity contribution is 14.1. The van der Waals surface area contributed by atoms with E-state index in [1.54, 1.807) is 0 Å². The molecule has 0 N–H and O–H groups in total. The van der Waals surface area contributed by atoms with Gasteiger partial charge >= 0.3 is 0 Å². The zero-order valence-electron chi connectivity index (χ0n) is 9.68. The normalized spacial score (nSPS) is 9.67. The molecule has 0 bridgehead atoms. The van der Waals surface area contributed by atoms with Crippen LogP contribution in [0.15, 0.2) is 72.8 Å². The van der Waals surface area contributed by atoms with Crippen LogP contribution in [-0.2, 0) is 0 Å². The van der Waals surface area contributed by atoms with Crippen molar-refractivity contribution in [1.82, 2.24) is 0 Å². The van der Waals surface area contributed by atoms with Crippen molar-refractivity contribution >= 4 is 45.0 Å². The lowest BCUT2D eigenvalue weighted by Crippen LogP contribution is -1.74. The minimum absolute atomic E-state index is 0.794. The second kappa shape index (κ2) is 6.76. The van der Waals surface area contributed by atoms with E-state index in [-0.39, 0.29) is 0 Å². The van der Waals surface area contributed by atoms with Gasteiger partial charge in [-0.2, -0.15) is 0 Å². The molecule has 0 saturated carbocycles. The minimum atomic E-state index is 0.794. The van der Waals surface area contributed by atoms with Gasteiger partial charge in [-0.25, -0.2) is 0 Å². The highest BCUT2D eigenvalue weighted by Gasteiger charge is 1.93. The Morgan fingerprint density at radius 3 is 1.89 bits per heavy atom. The average molecular weight is 367 g/mol. The van der Waals surface area contributed by atoms with Crippen LogP contribution in [-0.4, -0.2) is 0 Å². The maximum absolute atomic E-state index is 5.54. The first-order valence-electron chi connectivity index (χ1n) is 5.61. The van der Waals surface area contributed by atoms with Gasteiger partial charge in [0.05, 0.1) is 0 Å². The van der Waals surface area contributed by atoms with Gasteiger partial charge in [-0.1, -0.05) is 66.2 Å². The van der Waals surface area contributed by atoms with E-state index in [1.165, 1.54) is 14.3 Å². The van der Waals surface area contributed by atoms with Gasteiger partial charge < -0.3 is 0 Å². The van der Waals surface area contributed by atoms with Crippen LogP contribution in [0.4, 0.5) is 0 Å². The van der Waals surface area contributed by atoms with E-state index in [4.69, 9.17) is 11.6 Å². The summed E-state index contributed by atoms with van der Waals surface area (Å²) in [6.07, 6.45) is 0. The fourth-order valence-corrected chi connectivity index (χ4v) is 2.44. The van der Waals surface area contributed by atoms with E-state index in [0.717, 1.165) is 5.02 Å². The van der Waals surface area contributed by atoms with E-state index in [1.807, 2.05) is 30.3 Å². The van der Waals surface area contributed by atoms with Gasteiger partial charge in [-0.15, -0.1) is 0 Å². The Kier molecular flexibility index (Phi) is 5.02. The third-order valence-electron chi connectivity index (χ3n) is 2.47. The molecular weight excluding hydrogens is 355 g/mol. The molecular formula is C16H12ClI. The Labute approximate surface area is 126 Å². The third kappa shape index (κ3) is 3.72. The average Bonchev–Trinajstić information content (AvgIpc) is 2.41. The molecule has 3 aromatic rings. The fraction of sp³-hybridized carbons (Fsp3) is 0. The van der Waals surface area contributed by atoms with Crippen LogP contribution in [0.3, 0.4) is 0 Å². The summed E-state index contributed by atoms with van der Waals surface area (Å²) in [4.78, 5) is 0. The Bertz CT molecular complexity index is 615. The van der Waals surface area contributed by atoms with Gasteiger partial charge in [-0.05, 0) is 51.6 Å². The van der Waals surface area contributed by atoms with Gasteiger partial charge in [0, 0.05) is 8.59 Å². The molecule has 0 spiro atoms. The van der Waals surface area contributed by atoms with Crippen molar-refractivity contribution in [2.45, 2.75) is 0 Å². The first-order chi connectivity index (χ1) is 8.77. The summed E-state index contributed by atoms with van der Waals surface area (Å²) in [5, 5.41) is 3.46. The van der Waals surface area contributed by atoms with Crippen LogP contribution in [0, 0.1) is 3.57 Å². The summed E-state index contributed by atoms with van der Waals surface area (Å²) in [7, 11) is 0. The van der Waals surface area contributed by atoms with Crippen molar-refractivity contribution in [3.05, 3.63) is 81.4 Å². The summed E-state index contributed by atoms with van der Waals surface area (Å²) in [5.74, 6) is 0. The molecule has 0 saturated heterocycles. The molecule has 0 fully saturated rings. The summed E-state index contributed by atoms with van der Waals surface area (Å²) in [6.45, 7) is 0. The number of rotatable bonds is 0. The minimum Gasteiger partial charge on any atom is -0.0843 e. The van der Waals surface area contributed by atoms with Gasteiger partial charge in [0.25, 0.3) is 0 Å². The summed E-state index contributed by atoms with van der Waals surface area (Å²) < 4.78 is 1.32. The quantitative estimate of drug-likeness (QED) is 0.442. The zero-order chi connectivity index (χ0) is 12.8. The van der Waals surface area contributed by atoms with Crippen LogP contribution in [0.2, 0.25) is 5.02 Å². The van der Waals surface area contributed by atoms with Crippen molar-refractivity contribution in [3.8, 4) is 0 Å². The SMILES string of the molecule is Clc1ccccc1.Ic1cccc2ccccc12. The first kappa shape index (κ1) is 13.4. The van der Waals surface area contributed by atoms with E-state index < -0.39 is 0 Å². The van der Waals surface area contributed by atoms with Crippen LogP contribution in [0.5, 0.6) is 0 Å². The lowest BCUT2D eigenvalue weighted by molar-refractivity contribution is 1.71. The van der Waals surface area contributed by atoms with E-state index >= 15 is 0 Å². The predicted molar refractivity (Wildman–Crippen MR) is 88.1 cm³/mol. The number of fused-ring (bicyclic) bond motifs is 1. The van der Waals surface area contributed by atoms with Crippen LogP contribution in [0.25, 0.3) is 10.8 Å². The van der Waals surface area contributed by atoms with Crippen molar-refractivity contribution in [2.24, 2.45) is 0 Å². The van der Waals surface area contributed by atoms with Crippen molar-refractivity contribution in [1.29, 1.82) is 0 Å². The molecule has 0 aromatic heterocycles. The Morgan fingerprint density at radius 1 is 0.667 bits per heavy atom. The van der Waals surface area contributed by atoms with Gasteiger partial charge in [0.15, 0.2) is 0 Å². The standard InChI is InChI=1S/C10H7I.C6H5Cl/c11-10-7-3-5-8-4-1-2-6-9(8)10;7-6-4-2-1-3-5-6/h1-7H;1-5H. The number of hydrogen-bond acceptors (Lipinski definition) is 0. The Balaban J connectivity index is 0.000000149. The predicted octanol–water partition coefficient (Wildman–Crippen LogP) is 5.78. The van der Waals surface area contributed by atoms with E-state index in [9.17, 15) is 0 Å². The molecule has 0 atom stereocenters. The van der Waals surface area contributed by atoms with E-state index in [2.05, 4.69) is 65.1 Å². The third-order valence-corrected chi connectivity index (χ3v) is 3.66. The lowest BCUT2D eigenvalue weighted by atomic mass is 10.1. The number of halogens is 2. The molecule has 0 radical (unpaired) electrons.